The van der Waals surface area contributed by atoms with E-state index < -0.39 is 11.9 Å². The third-order valence-corrected chi connectivity index (χ3v) is 3.02. The average molecular weight is 338 g/mol. The molecule has 5 nitrogen and oxygen atoms in total. The van der Waals surface area contributed by atoms with Crippen LogP contribution in [0.2, 0.25) is 0 Å². The average Bonchev–Trinajstić information content (AvgIpc) is 2.58. The molecule has 0 heterocycles. The number of carbonyl (C=O) groups is 2. The lowest BCUT2D eigenvalue weighted by Gasteiger charge is -2.14. The summed E-state index contributed by atoms with van der Waals surface area (Å²) in [6, 6.07) is 13.3. The number of esters is 2. The van der Waals surface area contributed by atoms with Crippen LogP contribution in [0, 0.1) is 0 Å². The molecule has 2 rings (SSSR count). The molecule has 0 amide bonds. The van der Waals surface area contributed by atoms with Crippen LogP contribution in [-0.2, 0) is 9.59 Å². The smallest absolute Gasteiger partial charge is 0.338 e. The Morgan fingerprint density at radius 3 is 1.32 bits per heavy atom. The van der Waals surface area contributed by atoms with Crippen molar-refractivity contribution in [2.75, 3.05) is 0 Å². The molecular formula is C20H18O5. The van der Waals surface area contributed by atoms with E-state index in [2.05, 4.69) is 13.2 Å². The van der Waals surface area contributed by atoms with Gasteiger partial charge in [0, 0.05) is 11.1 Å². The molecule has 128 valence electrons. The van der Waals surface area contributed by atoms with Gasteiger partial charge in [-0.3, -0.25) is 0 Å². The largest absolute Gasteiger partial charge is 0.450 e. The highest BCUT2D eigenvalue weighted by Crippen LogP contribution is 2.36. The molecule has 0 fully saturated rings. The van der Waals surface area contributed by atoms with E-state index in [-0.39, 0.29) is 22.6 Å². The molecule has 0 N–H and O–H groups in total. The normalized spacial score (nSPS) is 9.84. The Hall–Kier alpha value is -3.34. The van der Waals surface area contributed by atoms with Crippen molar-refractivity contribution >= 4 is 11.9 Å². The van der Waals surface area contributed by atoms with Gasteiger partial charge >= 0.3 is 11.9 Å². The first-order valence-electron chi connectivity index (χ1n) is 7.49. The van der Waals surface area contributed by atoms with Gasteiger partial charge in [-0.25, -0.2) is 9.59 Å². The molecular weight excluding hydrogens is 320 g/mol. The summed E-state index contributed by atoms with van der Waals surface area (Å²) >= 11 is 0. The number of hydrogen-bond donors (Lipinski definition) is 0. The van der Waals surface area contributed by atoms with Gasteiger partial charge < -0.3 is 14.2 Å². The Morgan fingerprint density at radius 1 is 0.680 bits per heavy atom. The molecule has 0 atom stereocenters. The van der Waals surface area contributed by atoms with Crippen molar-refractivity contribution in [1.29, 1.82) is 0 Å². The van der Waals surface area contributed by atoms with E-state index in [4.69, 9.17) is 14.2 Å². The highest BCUT2D eigenvalue weighted by atomic mass is 16.6. The van der Waals surface area contributed by atoms with Gasteiger partial charge in [-0.15, -0.1) is 0 Å². The highest BCUT2D eigenvalue weighted by molar-refractivity contribution is 5.89. The maximum absolute atomic E-state index is 11.7. The molecule has 2 aromatic rings. The van der Waals surface area contributed by atoms with Gasteiger partial charge in [0.05, 0.1) is 0 Å². The summed E-state index contributed by atoms with van der Waals surface area (Å²) in [7, 11) is 0. The zero-order valence-electron chi connectivity index (χ0n) is 14.1. The molecule has 0 aliphatic carbocycles. The molecule has 0 saturated carbocycles. The molecule has 0 aromatic heterocycles. The monoisotopic (exact) mass is 338 g/mol. The Labute approximate surface area is 146 Å². The molecule has 25 heavy (non-hydrogen) atoms. The van der Waals surface area contributed by atoms with Gasteiger partial charge in [-0.2, -0.15) is 0 Å². The van der Waals surface area contributed by atoms with Crippen molar-refractivity contribution in [2.24, 2.45) is 0 Å². The first-order valence-corrected chi connectivity index (χ1v) is 7.49. The maximum atomic E-state index is 11.7. The summed E-state index contributed by atoms with van der Waals surface area (Å²) < 4.78 is 16.3. The Kier molecular flexibility index (Phi) is 5.74. The highest BCUT2D eigenvalue weighted by Gasteiger charge is 2.15. The Morgan fingerprint density at radius 2 is 1.00 bits per heavy atom. The van der Waals surface area contributed by atoms with Crippen molar-refractivity contribution in [3.63, 3.8) is 0 Å². The van der Waals surface area contributed by atoms with E-state index in [9.17, 15) is 9.59 Å². The lowest BCUT2D eigenvalue weighted by molar-refractivity contribution is -0.130. The molecule has 0 aliphatic rings. The molecule has 0 saturated heterocycles. The molecule has 2 aromatic carbocycles. The van der Waals surface area contributed by atoms with Crippen molar-refractivity contribution in [1.82, 2.24) is 0 Å². The molecule has 0 spiro atoms. The summed E-state index contributed by atoms with van der Waals surface area (Å²) in [5, 5.41) is 0. The number of carbonyl (C=O) groups excluding carboxylic acids is 2. The van der Waals surface area contributed by atoms with E-state index in [1.807, 2.05) is 0 Å². The van der Waals surface area contributed by atoms with E-state index in [1.165, 1.54) is 0 Å². The minimum absolute atomic E-state index is 0.233. The fourth-order valence-corrected chi connectivity index (χ4v) is 1.73. The van der Waals surface area contributed by atoms with Crippen molar-refractivity contribution in [3.05, 3.63) is 72.8 Å². The second kappa shape index (κ2) is 7.97. The van der Waals surface area contributed by atoms with E-state index in [1.54, 1.807) is 62.4 Å². The number of benzene rings is 2. The standard InChI is InChI=1S/C20H18O5/c1-13(2)19(21)24-17-11-7-5-9-15(17)23-16-10-6-8-12-18(16)25-20(22)14(3)4/h5-12H,1,3H2,2,4H3. The summed E-state index contributed by atoms with van der Waals surface area (Å²) in [4.78, 5) is 23.5. The first-order chi connectivity index (χ1) is 11.9. The van der Waals surface area contributed by atoms with Gasteiger partial charge in [0.15, 0.2) is 23.0 Å². The minimum Gasteiger partial charge on any atom is -0.450 e. The summed E-state index contributed by atoms with van der Waals surface area (Å²) in [5.41, 5.74) is 0.538. The molecule has 0 radical (unpaired) electrons. The lowest BCUT2D eigenvalue weighted by atomic mass is 10.3. The van der Waals surface area contributed by atoms with Crippen LogP contribution in [0.15, 0.2) is 72.8 Å². The van der Waals surface area contributed by atoms with Gasteiger partial charge in [0.1, 0.15) is 0 Å². The van der Waals surface area contributed by atoms with Crippen LogP contribution in [0.4, 0.5) is 0 Å². The van der Waals surface area contributed by atoms with Crippen LogP contribution >= 0.6 is 0 Å². The first kappa shape index (κ1) is 18.0. The fraction of sp³-hybridized carbons (Fsp3) is 0.100. The van der Waals surface area contributed by atoms with Crippen molar-refractivity contribution in [3.8, 4) is 23.0 Å². The molecule has 5 heteroatoms. The number of hydrogen-bond acceptors (Lipinski definition) is 5. The Bertz CT molecular complexity index is 766. The van der Waals surface area contributed by atoms with E-state index in [0.717, 1.165) is 0 Å². The van der Waals surface area contributed by atoms with Crippen LogP contribution in [0.3, 0.4) is 0 Å². The van der Waals surface area contributed by atoms with Gasteiger partial charge in [0.2, 0.25) is 0 Å². The van der Waals surface area contributed by atoms with Crippen molar-refractivity contribution in [2.45, 2.75) is 13.8 Å². The van der Waals surface area contributed by atoms with Crippen LogP contribution in [0.5, 0.6) is 23.0 Å². The quantitative estimate of drug-likeness (QED) is 0.443. The van der Waals surface area contributed by atoms with Gasteiger partial charge in [-0.05, 0) is 38.1 Å². The third kappa shape index (κ3) is 4.81. The predicted molar refractivity (Wildman–Crippen MR) is 93.9 cm³/mol. The summed E-state index contributed by atoms with van der Waals surface area (Å²) in [6.45, 7) is 10.2. The SMILES string of the molecule is C=C(C)C(=O)Oc1ccccc1Oc1ccccc1OC(=O)C(=C)C. The summed E-state index contributed by atoms with van der Waals surface area (Å²) in [5.74, 6) is -0.0454. The predicted octanol–water partition coefficient (Wildman–Crippen LogP) is 4.44. The van der Waals surface area contributed by atoms with Gasteiger partial charge in [0.25, 0.3) is 0 Å². The van der Waals surface area contributed by atoms with Crippen LogP contribution in [-0.4, -0.2) is 11.9 Å². The second-order valence-electron chi connectivity index (χ2n) is 5.34. The Balaban J connectivity index is 2.29. The van der Waals surface area contributed by atoms with Crippen molar-refractivity contribution < 1.29 is 23.8 Å². The van der Waals surface area contributed by atoms with Crippen LogP contribution in [0.25, 0.3) is 0 Å². The van der Waals surface area contributed by atoms with E-state index in [0.29, 0.717) is 11.5 Å². The third-order valence-electron chi connectivity index (χ3n) is 3.02. The van der Waals surface area contributed by atoms with Crippen LogP contribution < -0.4 is 14.2 Å². The fourth-order valence-electron chi connectivity index (χ4n) is 1.73. The zero-order valence-corrected chi connectivity index (χ0v) is 14.1. The van der Waals surface area contributed by atoms with Gasteiger partial charge in [-0.1, -0.05) is 37.4 Å². The second-order valence-corrected chi connectivity index (χ2v) is 5.34. The number of para-hydroxylation sites is 4. The maximum Gasteiger partial charge on any atom is 0.338 e. The molecule has 0 aliphatic heterocycles. The van der Waals surface area contributed by atoms with Crippen LogP contribution in [0.1, 0.15) is 13.8 Å². The minimum atomic E-state index is -0.557. The summed E-state index contributed by atoms with van der Waals surface area (Å²) in [6.07, 6.45) is 0. The molecule has 0 bridgehead atoms. The lowest BCUT2D eigenvalue weighted by Crippen LogP contribution is -2.10. The number of rotatable bonds is 6. The topological polar surface area (TPSA) is 61.8 Å². The van der Waals surface area contributed by atoms with E-state index >= 15 is 0 Å². The zero-order chi connectivity index (χ0) is 18.4. The number of ether oxygens (including phenoxy) is 3. The molecule has 0 unspecified atom stereocenters.